The number of amides is 1. The summed E-state index contributed by atoms with van der Waals surface area (Å²) in [6.45, 7) is 1.33. The Morgan fingerprint density at radius 2 is 2.21 bits per heavy atom. The molecule has 19 heavy (non-hydrogen) atoms. The van der Waals surface area contributed by atoms with Crippen LogP contribution in [-0.4, -0.2) is 39.9 Å². The molecule has 3 rings (SSSR count). The van der Waals surface area contributed by atoms with Crippen molar-refractivity contribution in [2.75, 3.05) is 13.1 Å². The Labute approximate surface area is 113 Å². The van der Waals surface area contributed by atoms with Gasteiger partial charge >= 0.3 is 0 Å². The van der Waals surface area contributed by atoms with Gasteiger partial charge in [-0.15, -0.1) is 0 Å². The molecule has 102 valence electrons. The summed E-state index contributed by atoms with van der Waals surface area (Å²) in [5, 5.41) is 0. The Morgan fingerprint density at radius 3 is 2.95 bits per heavy atom. The molecular formula is C14H20N4O. The van der Waals surface area contributed by atoms with Crippen LogP contribution >= 0.6 is 0 Å². The fourth-order valence-corrected chi connectivity index (χ4v) is 2.69. The van der Waals surface area contributed by atoms with E-state index in [2.05, 4.69) is 9.97 Å². The highest BCUT2D eigenvalue weighted by Crippen LogP contribution is 2.37. The van der Waals surface area contributed by atoms with Crippen LogP contribution in [-0.2, 0) is 0 Å². The molecule has 0 bridgehead atoms. The molecule has 1 saturated carbocycles. The predicted molar refractivity (Wildman–Crippen MR) is 71.7 cm³/mol. The van der Waals surface area contributed by atoms with E-state index in [-0.39, 0.29) is 11.9 Å². The van der Waals surface area contributed by atoms with Gasteiger partial charge in [0.1, 0.15) is 11.5 Å². The molecule has 1 aromatic heterocycles. The highest BCUT2D eigenvalue weighted by molar-refractivity contribution is 5.92. The number of rotatable bonds is 3. The van der Waals surface area contributed by atoms with Crippen LogP contribution in [0.3, 0.4) is 0 Å². The van der Waals surface area contributed by atoms with Crippen LogP contribution in [0.4, 0.5) is 0 Å². The minimum absolute atomic E-state index is 0.0134. The summed E-state index contributed by atoms with van der Waals surface area (Å²) < 4.78 is 0. The Bertz CT molecular complexity index is 472. The highest BCUT2D eigenvalue weighted by Gasteiger charge is 2.30. The molecule has 2 N–H and O–H groups in total. The van der Waals surface area contributed by atoms with Crippen molar-refractivity contribution in [3.8, 4) is 0 Å². The van der Waals surface area contributed by atoms with Gasteiger partial charge in [-0.1, -0.05) is 0 Å². The average Bonchev–Trinajstić information content (AvgIpc) is 3.31. The lowest BCUT2D eigenvalue weighted by molar-refractivity contribution is 0.0616. The molecule has 1 amide bonds. The third-order valence-electron chi connectivity index (χ3n) is 4.00. The maximum absolute atomic E-state index is 12.5. The number of likely N-dealkylation sites (tertiary alicyclic amines) is 1. The van der Waals surface area contributed by atoms with E-state index in [0.29, 0.717) is 18.2 Å². The number of aromatic nitrogens is 2. The topological polar surface area (TPSA) is 72.1 Å². The highest BCUT2D eigenvalue weighted by atomic mass is 16.2. The van der Waals surface area contributed by atoms with Crippen LogP contribution in [0.1, 0.15) is 54.3 Å². The fraction of sp³-hybridized carbons (Fsp3) is 0.643. The molecule has 5 heteroatoms. The molecule has 0 radical (unpaired) electrons. The van der Waals surface area contributed by atoms with Crippen molar-refractivity contribution in [2.24, 2.45) is 5.73 Å². The maximum Gasteiger partial charge on any atom is 0.272 e. The second-order valence-electron chi connectivity index (χ2n) is 5.46. The first-order valence-electron chi connectivity index (χ1n) is 7.13. The number of carbonyl (C=O) groups excluding carboxylic acids is 1. The van der Waals surface area contributed by atoms with Crippen molar-refractivity contribution >= 4 is 5.91 Å². The van der Waals surface area contributed by atoms with E-state index in [0.717, 1.165) is 44.5 Å². The second kappa shape index (κ2) is 5.25. The number of nitrogens with two attached hydrogens (primary N) is 1. The minimum Gasteiger partial charge on any atom is -0.333 e. The van der Waals surface area contributed by atoms with Crippen molar-refractivity contribution in [3.63, 3.8) is 0 Å². The zero-order valence-electron chi connectivity index (χ0n) is 11.1. The van der Waals surface area contributed by atoms with Crippen LogP contribution in [0.5, 0.6) is 0 Å². The molecule has 2 fully saturated rings. The molecule has 0 spiro atoms. The maximum atomic E-state index is 12.5. The lowest BCUT2D eigenvalue weighted by Gasteiger charge is -2.34. The van der Waals surface area contributed by atoms with Gasteiger partial charge in [-0.2, -0.15) is 0 Å². The number of piperidine rings is 1. The Balaban J connectivity index is 1.79. The van der Waals surface area contributed by atoms with E-state index in [1.165, 1.54) is 0 Å². The van der Waals surface area contributed by atoms with Gasteiger partial charge in [0.15, 0.2) is 0 Å². The quantitative estimate of drug-likeness (QED) is 0.889. The summed E-state index contributed by atoms with van der Waals surface area (Å²) in [4.78, 5) is 23.1. The van der Waals surface area contributed by atoms with Crippen LogP contribution in [0, 0.1) is 0 Å². The van der Waals surface area contributed by atoms with E-state index in [1.54, 1.807) is 12.3 Å². The molecule has 2 aliphatic rings. The van der Waals surface area contributed by atoms with Gasteiger partial charge in [0, 0.05) is 31.2 Å². The smallest absolute Gasteiger partial charge is 0.272 e. The van der Waals surface area contributed by atoms with Gasteiger partial charge in [0.25, 0.3) is 5.91 Å². The van der Waals surface area contributed by atoms with E-state index < -0.39 is 0 Å². The monoisotopic (exact) mass is 260 g/mol. The van der Waals surface area contributed by atoms with Crippen molar-refractivity contribution in [3.05, 3.63) is 23.8 Å². The van der Waals surface area contributed by atoms with Crippen LogP contribution in [0.25, 0.3) is 0 Å². The van der Waals surface area contributed by atoms with Crippen LogP contribution < -0.4 is 5.73 Å². The predicted octanol–water partition coefficient (Wildman–Crippen LogP) is 1.31. The molecule has 1 aliphatic heterocycles. The van der Waals surface area contributed by atoms with Crippen LogP contribution in [0.15, 0.2) is 12.3 Å². The van der Waals surface area contributed by atoms with Gasteiger partial charge < -0.3 is 10.6 Å². The summed E-state index contributed by atoms with van der Waals surface area (Å²) >= 11 is 0. The second-order valence-corrected chi connectivity index (χ2v) is 5.46. The minimum atomic E-state index is 0.0134. The van der Waals surface area contributed by atoms with Crippen molar-refractivity contribution in [1.29, 1.82) is 0 Å². The molecular weight excluding hydrogens is 240 g/mol. The first kappa shape index (κ1) is 12.5. The fourth-order valence-electron chi connectivity index (χ4n) is 2.69. The number of hydrogen-bond acceptors (Lipinski definition) is 4. The zero-order chi connectivity index (χ0) is 13.2. The van der Waals surface area contributed by atoms with Gasteiger partial charge in [0.2, 0.25) is 0 Å². The first-order valence-corrected chi connectivity index (χ1v) is 7.13. The largest absolute Gasteiger partial charge is 0.333 e. The van der Waals surface area contributed by atoms with E-state index in [9.17, 15) is 4.79 Å². The summed E-state index contributed by atoms with van der Waals surface area (Å²) in [5.41, 5.74) is 6.30. The van der Waals surface area contributed by atoms with Gasteiger partial charge in [-0.05, 0) is 38.2 Å². The molecule has 1 aliphatic carbocycles. The number of carbonyl (C=O) groups is 1. The first-order chi connectivity index (χ1) is 9.29. The summed E-state index contributed by atoms with van der Waals surface area (Å²) in [7, 11) is 0. The Kier molecular flexibility index (Phi) is 3.46. The summed E-state index contributed by atoms with van der Waals surface area (Å²) in [6, 6.07) is 1.89. The van der Waals surface area contributed by atoms with Gasteiger partial charge in [0.05, 0.1) is 0 Å². The molecule has 1 saturated heterocycles. The van der Waals surface area contributed by atoms with Crippen molar-refractivity contribution in [1.82, 2.24) is 14.9 Å². The summed E-state index contributed by atoms with van der Waals surface area (Å²) in [5.74, 6) is 1.31. The average molecular weight is 260 g/mol. The zero-order valence-corrected chi connectivity index (χ0v) is 11.1. The van der Waals surface area contributed by atoms with Crippen molar-refractivity contribution in [2.45, 2.75) is 44.1 Å². The van der Waals surface area contributed by atoms with Crippen LogP contribution in [0.2, 0.25) is 0 Å². The van der Waals surface area contributed by atoms with E-state index in [1.807, 2.05) is 4.90 Å². The molecule has 0 aromatic carbocycles. The third kappa shape index (κ3) is 2.61. The van der Waals surface area contributed by atoms with Gasteiger partial charge in [-0.3, -0.25) is 4.79 Å². The molecule has 1 atom stereocenters. The SMILES string of the molecule is NC[C@H]1CCCCN1C(=O)c1ccnc(C2CC2)n1. The lowest BCUT2D eigenvalue weighted by Crippen LogP contribution is -2.47. The molecule has 1 aromatic rings. The third-order valence-corrected chi connectivity index (χ3v) is 4.00. The Hall–Kier alpha value is -1.49. The standard InChI is InChI=1S/C14H20N4O/c15-9-11-3-1-2-8-18(11)14(19)12-6-7-16-13(17-12)10-4-5-10/h6-7,10-11H,1-5,8-9,15H2/t11-/m1/s1. The summed E-state index contributed by atoms with van der Waals surface area (Å²) in [6.07, 6.45) is 7.21. The van der Waals surface area contributed by atoms with Crippen molar-refractivity contribution < 1.29 is 4.79 Å². The molecule has 2 heterocycles. The molecule has 0 unspecified atom stereocenters. The normalized spacial score (nSPS) is 23.4. The number of hydrogen-bond donors (Lipinski definition) is 1. The van der Waals surface area contributed by atoms with Gasteiger partial charge in [-0.25, -0.2) is 9.97 Å². The van der Waals surface area contributed by atoms with E-state index >= 15 is 0 Å². The Morgan fingerprint density at radius 1 is 1.37 bits per heavy atom. The van der Waals surface area contributed by atoms with E-state index in [4.69, 9.17) is 5.73 Å². The lowest BCUT2D eigenvalue weighted by atomic mass is 10.0. The number of nitrogens with zero attached hydrogens (tertiary/aromatic N) is 3. The molecule has 5 nitrogen and oxygen atoms in total.